The number of para-hydroxylation sites is 1. The number of rotatable bonds is 5. The minimum Gasteiger partial charge on any atom is -0.480 e. The van der Waals surface area contributed by atoms with Gasteiger partial charge in [0.1, 0.15) is 6.04 Å². The summed E-state index contributed by atoms with van der Waals surface area (Å²) < 4.78 is 40.0. The van der Waals surface area contributed by atoms with Crippen molar-refractivity contribution in [2.75, 3.05) is 30.7 Å². The van der Waals surface area contributed by atoms with Crippen LogP contribution in [0.1, 0.15) is 29.5 Å². The molecule has 2 heterocycles. The van der Waals surface area contributed by atoms with Crippen molar-refractivity contribution in [2.45, 2.75) is 43.9 Å². The molecule has 2 aromatic rings. The van der Waals surface area contributed by atoms with E-state index in [1.54, 1.807) is 9.80 Å². The van der Waals surface area contributed by atoms with Gasteiger partial charge in [0.25, 0.3) is 0 Å². The number of urea groups is 1. The lowest BCUT2D eigenvalue weighted by molar-refractivity contribution is -0.144. The molecular formula is C24H26ClF3N4O3. The smallest absolute Gasteiger partial charge is 0.418 e. The van der Waals surface area contributed by atoms with Gasteiger partial charge in [0.2, 0.25) is 0 Å². The summed E-state index contributed by atoms with van der Waals surface area (Å²) in [6, 6.07) is 8.52. The topological polar surface area (TPSA) is 98.9 Å². The van der Waals surface area contributed by atoms with Gasteiger partial charge in [-0.25, -0.2) is 4.79 Å². The molecule has 35 heavy (non-hydrogen) atoms. The number of fused-ring (bicyclic) bond motifs is 1. The Morgan fingerprint density at radius 3 is 2.54 bits per heavy atom. The maximum absolute atomic E-state index is 13.3. The van der Waals surface area contributed by atoms with Crippen LogP contribution in [0.15, 0.2) is 36.4 Å². The molecule has 0 unspecified atom stereocenters. The van der Waals surface area contributed by atoms with Crippen LogP contribution < -0.4 is 11.1 Å². The van der Waals surface area contributed by atoms with Crippen molar-refractivity contribution >= 4 is 35.0 Å². The van der Waals surface area contributed by atoms with Gasteiger partial charge in [-0.15, -0.1) is 0 Å². The molecule has 2 amide bonds. The van der Waals surface area contributed by atoms with Gasteiger partial charge >= 0.3 is 18.2 Å². The van der Waals surface area contributed by atoms with E-state index in [0.717, 1.165) is 17.3 Å². The SMILES string of the molecule is Nc1c(Cl)cc(C[C@H](C(=O)O)N2CCC(N3CCc4ccccc4NC3=O)CC2)cc1C(F)(F)F. The van der Waals surface area contributed by atoms with Crippen molar-refractivity contribution in [1.29, 1.82) is 0 Å². The van der Waals surface area contributed by atoms with Crippen molar-refractivity contribution in [3.63, 3.8) is 0 Å². The van der Waals surface area contributed by atoms with Crippen LogP contribution in [0.3, 0.4) is 0 Å². The molecule has 0 saturated carbocycles. The monoisotopic (exact) mass is 510 g/mol. The summed E-state index contributed by atoms with van der Waals surface area (Å²) in [6.45, 7) is 1.35. The average molecular weight is 511 g/mol. The number of aliphatic carboxylic acids is 1. The highest BCUT2D eigenvalue weighted by Crippen LogP contribution is 2.38. The molecule has 2 aromatic carbocycles. The number of hydrogen-bond acceptors (Lipinski definition) is 4. The molecule has 4 N–H and O–H groups in total. The third-order valence-corrected chi connectivity index (χ3v) is 7.04. The van der Waals surface area contributed by atoms with Crippen LogP contribution in [-0.4, -0.2) is 58.6 Å². The molecular weight excluding hydrogens is 485 g/mol. The summed E-state index contributed by atoms with van der Waals surface area (Å²) in [5.41, 5.74) is 5.85. The van der Waals surface area contributed by atoms with E-state index in [1.165, 1.54) is 6.07 Å². The van der Waals surface area contributed by atoms with E-state index in [4.69, 9.17) is 17.3 Å². The summed E-state index contributed by atoms with van der Waals surface area (Å²) in [4.78, 5) is 28.4. The predicted octanol–water partition coefficient (Wildman–Crippen LogP) is 4.49. The Kier molecular flexibility index (Phi) is 7.14. The highest BCUT2D eigenvalue weighted by molar-refractivity contribution is 6.33. The molecule has 0 bridgehead atoms. The zero-order valence-electron chi connectivity index (χ0n) is 18.8. The molecule has 1 atom stereocenters. The van der Waals surface area contributed by atoms with Crippen molar-refractivity contribution < 1.29 is 27.9 Å². The lowest BCUT2D eigenvalue weighted by atomic mass is 9.97. The van der Waals surface area contributed by atoms with Crippen LogP contribution in [0.2, 0.25) is 5.02 Å². The first-order chi connectivity index (χ1) is 16.5. The zero-order valence-corrected chi connectivity index (χ0v) is 19.6. The molecule has 1 saturated heterocycles. The number of halogens is 4. The summed E-state index contributed by atoms with van der Waals surface area (Å²) in [6.07, 6.45) is -3.02. The third kappa shape index (κ3) is 5.48. The Bertz CT molecular complexity index is 1120. The van der Waals surface area contributed by atoms with Crippen molar-refractivity contribution in [3.05, 3.63) is 58.1 Å². The summed E-state index contributed by atoms with van der Waals surface area (Å²) >= 11 is 5.91. The number of piperidine rings is 1. The van der Waals surface area contributed by atoms with E-state index < -0.39 is 29.4 Å². The van der Waals surface area contributed by atoms with E-state index in [1.807, 2.05) is 24.3 Å². The molecule has 11 heteroatoms. The summed E-state index contributed by atoms with van der Waals surface area (Å²) in [5.74, 6) is -1.13. The quantitative estimate of drug-likeness (QED) is 0.515. The molecule has 2 aliphatic heterocycles. The standard InChI is InChI=1S/C24H26ClF3N4O3/c25-18-12-14(11-17(21(18)29)24(26,27)28)13-20(22(33)34)31-8-6-16(7-9-31)32-10-5-15-3-1-2-4-19(15)30-23(32)35/h1-4,11-12,16,20H,5-10,13,29H2,(H,30,35)(H,33,34)/t20-/m1/s1. The number of nitrogens with zero attached hydrogens (tertiary/aromatic N) is 2. The van der Waals surface area contributed by atoms with Crippen molar-refractivity contribution in [3.8, 4) is 0 Å². The highest BCUT2D eigenvalue weighted by atomic mass is 35.5. The number of hydrogen-bond donors (Lipinski definition) is 3. The van der Waals surface area contributed by atoms with Crippen LogP contribution in [0.25, 0.3) is 0 Å². The Labute approximate surface area is 205 Å². The van der Waals surface area contributed by atoms with Gasteiger partial charge in [-0.1, -0.05) is 29.8 Å². The minimum atomic E-state index is -4.70. The minimum absolute atomic E-state index is 0.0576. The molecule has 7 nitrogen and oxygen atoms in total. The Hall–Kier alpha value is -2.98. The molecule has 4 rings (SSSR count). The molecule has 188 valence electrons. The Balaban J connectivity index is 1.44. The lowest BCUT2D eigenvalue weighted by Crippen LogP contribution is -2.53. The number of nitrogens with two attached hydrogens (primary N) is 1. The molecule has 0 aromatic heterocycles. The van der Waals surface area contributed by atoms with Crippen LogP contribution >= 0.6 is 11.6 Å². The fraction of sp³-hybridized carbons (Fsp3) is 0.417. The van der Waals surface area contributed by atoms with Gasteiger partial charge in [-0.2, -0.15) is 13.2 Å². The molecule has 0 radical (unpaired) electrons. The van der Waals surface area contributed by atoms with Crippen molar-refractivity contribution in [2.24, 2.45) is 0 Å². The second-order valence-electron chi connectivity index (χ2n) is 8.89. The van der Waals surface area contributed by atoms with E-state index in [2.05, 4.69) is 5.32 Å². The Morgan fingerprint density at radius 1 is 1.20 bits per heavy atom. The largest absolute Gasteiger partial charge is 0.480 e. The third-order valence-electron chi connectivity index (χ3n) is 6.73. The van der Waals surface area contributed by atoms with Crippen LogP contribution in [0.5, 0.6) is 0 Å². The first-order valence-corrected chi connectivity index (χ1v) is 11.7. The van der Waals surface area contributed by atoms with Crippen LogP contribution in [0, 0.1) is 0 Å². The molecule has 0 aliphatic carbocycles. The van der Waals surface area contributed by atoms with Crippen molar-refractivity contribution in [1.82, 2.24) is 9.80 Å². The molecule has 1 fully saturated rings. The van der Waals surface area contributed by atoms with E-state index in [9.17, 15) is 27.9 Å². The van der Waals surface area contributed by atoms with E-state index >= 15 is 0 Å². The van der Waals surface area contributed by atoms with E-state index in [-0.39, 0.29) is 29.1 Å². The van der Waals surface area contributed by atoms with Gasteiger partial charge in [-0.05, 0) is 55.0 Å². The van der Waals surface area contributed by atoms with Gasteiger partial charge in [0.05, 0.1) is 16.3 Å². The molecule has 0 spiro atoms. The van der Waals surface area contributed by atoms with Gasteiger partial charge in [-0.3, -0.25) is 9.69 Å². The second-order valence-corrected chi connectivity index (χ2v) is 9.30. The van der Waals surface area contributed by atoms with Gasteiger partial charge in [0.15, 0.2) is 0 Å². The lowest BCUT2D eigenvalue weighted by Gasteiger charge is -2.40. The number of carbonyl (C=O) groups excluding carboxylic acids is 1. The number of alkyl halides is 3. The normalized spacial score (nSPS) is 18.5. The number of carboxylic acids is 1. The van der Waals surface area contributed by atoms with E-state index in [0.29, 0.717) is 38.9 Å². The number of nitrogen functional groups attached to an aromatic ring is 1. The number of likely N-dealkylation sites (tertiary alicyclic amines) is 1. The first-order valence-electron chi connectivity index (χ1n) is 11.3. The second kappa shape index (κ2) is 9.94. The van der Waals surface area contributed by atoms with Crippen LogP contribution in [-0.2, 0) is 23.8 Å². The maximum Gasteiger partial charge on any atom is 0.418 e. The number of carbonyl (C=O) groups is 2. The number of amides is 2. The summed E-state index contributed by atoms with van der Waals surface area (Å²) in [5, 5.41) is 12.5. The number of anilines is 2. The number of carboxylic acid groups (broad SMARTS) is 1. The zero-order chi connectivity index (χ0) is 25.3. The first kappa shape index (κ1) is 25.1. The number of nitrogens with one attached hydrogen (secondary N) is 1. The maximum atomic E-state index is 13.3. The van der Waals surface area contributed by atoms with Gasteiger partial charge in [0, 0.05) is 31.4 Å². The van der Waals surface area contributed by atoms with Gasteiger partial charge < -0.3 is 21.1 Å². The average Bonchev–Trinajstić information content (AvgIpc) is 2.97. The summed E-state index contributed by atoms with van der Waals surface area (Å²) in [7, 11) is 0. The predicted molar refractivity (Wildman–Crippen MR) is 126 cm³/mol. The molecule has 2 aliphatic rings. The van der Waals surface area contributed by atoms with Crippen LogP contribution in [0.4, 0.5) is 29.3 Å². The highest BCUT2D eigenvalue weighted by Gasteiger charge is 2.37. The Morgan fingerprint density at radius 2 is 1.89 bits per heavy atom. The fourth-order valence-electron chi connectivity index (χ4n) is 4.87. The number of benzene rings is 2. The fourth-order valence-corrected chi connectivity index (χ4v) is 5.11.